The second-order valence-corrected chi connectivity index (χ2v) is 12.2. The Morgan fingerprint density at radius 2 is 1.85 bits per heavy atom. The summed E-state index contributed by atoms with van der Waals surface area (Å²) in [5.74, 6) is 1.61. The van der Waals surface area contributed by atoms with Gasteiger partial charge in [-0.3, -0.25) is 4.72 Å². The molecule has 2 aliphatic rings. The van der Waals surface area contributed by atoms with Crippen molar-refractivity contribution in [3.63, 3.8) is 0 Å². The van der Waals surface area contributed by atoms with Crippen LogP contribution in [0.4, 0.5) is 11.6 Å². The van der Waals surface area contributed by atoms with Crippen molar-refractivity contribution in [3.05, 3.63) is 66.5 Å². The lowest BCUT2D eigenvalue weighted by molar-refractivity contribution is 0.466. The summed E-state index contributed by atoms with van der Waals surface area (Å²) in [6, 6.07) is 15.3. The highest BCUT2D eigenvalue weighted by Crippen LogP contribution is 2.39. The summed E-state index contributed by atoms with van der Waals surface area (Å²) in [5.41, 5.74) is 2.90. The number of sulfonamides is 1. The first kappa shape index (κ1) is 25.5. The number of rotatable bonds is 8. The number of pyridine rings is 1. The van der Waals surface area contributed by atoms with Crippen LogP contribution in [0.5, 0.6) is 11.6 Å². The molecule has 2 fully saturated rings. The number of ether oxygens (including phenoxy) is 1. The molecule has 2 aromatic heterocycles. The van der Waals surface area contributed by atoms with Crippen molar-refractivity contribution >= 4 is 32.4 Å². The van der Waals surface area contributed by atoms with Crippen LogP contribution in [0.3, 0.4) is 0 Å². The number of aromatic nitrogens is 3. The number of fused-ring (bicyclic) bond motifs is 1. The van der Waals surface area contributed by atoms with E-state index in [9.17, 15) is 8.42 Å². The van der Waals surface area contributed by atoms with E-state index in [4.69, 9.17) is 9.72 Å². The number of benzene rings is 2. The van der Waals surface area contributed by atoms with Crippen molar-refractivity contribution in [2.45, 2.75) is 50.3 Å². The Kier molecular flexibility index (Phi) is 7.05. The number of nitrogens with zero attached hydrogens (tertiary/aromatic N) is 3. The molecular weight excluding hydrogens is 512 g/mol. The molecule has 3 N–H and O–H groups in total. The number of hydrogen-bond acceptors (Lipinski definition) is 8. The van der Waals surface area contributed by atoms with Crippen LogP contribution in [-0.4, -0.2) is 47.8 Å². The van der Waals surface area contributed by atoms with Crippen LogP contribution in [-0.2, 0) is 10.0 Å². The smallest absolute Gasteiger partial charge is 0.235 e. The lowest BCUT2D eigenvalue weighted by Gasteiger charge is -2.26. The zero-order valence-corrected chi connectivity index (χ0v) is 22.7. The molecule has 0 spiro atoms. The van der Waals surface area contributed by atoms with Gasteiger partial charge in [0.2, 0.25) is 21.9 Å². The Morgan fingerprint density at radius 3 is 2.64 bits per heavy atom. The SMILES string of the molecule is Cc1ccc2c(NS(=O)(=O)C3CCC3)cccc2c1Oc1ncccc1-c1ccnc(NC2CCCNC2)n1. The number of hydrogen-bond donors (Lipinski definition) is 3. The molecule has 1 aliphatic carbocycles. The van der Waals surface area contributed by atoms with Gasteiger partial charge in [-0.05, 0) is 69.0 Å². The quantitative estimate of drug-likeness (QED) is 0.275. The predicted molar refractivity (Wildman–Crippen MR) is 154 cm³/mol. The topological polar surface area (TPSA) is 118 Å². The van der Waals surface area contributed by atoms with E-state index in [0.29, 0.717) is 41.8 Å². The van der Waals surface area contributed by atoms with Crippen molar-refractivity contribution in [3.8, 4) is 22.9 Å². The first-order chi connectivity index (χ1) is 19.0. The molecule has 1 aliphatic heterocycles. The van der Waals surface area contributed by atoms with Gasteiger partial charge in [0.15, 0.2) is 0 Å². The minimum atomic E-state index is -3.43. The number of piperidine rings is 1. The molecule has 3 heterocycles. The molecule has 1 saturated heterocycles. The molecule has 0 amide bonds. The van der Waals surface area contributed by atoms with Gasteiger partial charge in [0.1, 0.15) is 5.75 Å². The number of aryl methyl sites for hydroxylation is 1. The highest BCUT2D eigenvalue weighted by atomic mass is 32.2. The van der Waals surface area contributed by atoms with Gasteiger partial charge < -0.3 is 15.4 Å². The summed E-state index contributed by atoms with van der Waals surface area (Å²) < 4.78 is 35.0. The molecule has 1 unspecified atom stereocenters. The maximum Gasteiger partial charge on any atom is 0.235 e. The maximum absolute atomic E-state index is 12.9. The normalized spacial score (nSPS) is 17.9. The first-order valence-corrected chi connectivity index (χ1v) is 15.0. The monoisotopic (exact) mass is 544 g/mol. The van der Waals surface area contributed by atoms with E-state index in [0.717, 1.165) is 54.3 Å². The van der Waals surface area contributed by atoms with E-state index in [1.165, 1.54) is 0 Å². The van der Waals surface area contributed by atoms with Crippen molar-refractivity contribution < 1.29 is 13.2 Å². The van der Waals surface area contributed by atoms with Gasteiger partial charge in [-0.15, -0.1) is 0 Å². The van der Waals surface area contributed by atoms with Crippen LogP contribution in [0.2, 0.25) is 0 Å². The summed E-state index contributed by atoms with van der Waals surface area (Å²) in [6.45, 7) is 3.89. The van der Waals surface area contributed by atoms with Gasteiger partial charge in [0.05, 0.1) is 22.2 Å². The molecule has 10 heteroatoms. The van der Waals surface area contributed by atoms with Gasteiger partial charge in [-0.1, -0.05) is 30.7 Å². The number of nitrogens with one attached hydrogen (secondary N) is 3. The molecular formula is C29H32N6O3S. The van der Waals surface area contributed by atoms with Crippen molar-refractivity contribution in [2.75, 3.05) is 23.1 Å². The second kappa shape index (κ2) is 10.8. The summed E-state index contributed by atoms with van der Waals surface area (Å²) in [4.78, 5) is 13.7. The number of anilines is 2. The Morgan fingerprint density at radius 1 is 0.949 bits per heavy atom. The molecule has 39 heavy (non-hydrogen) atoms. The molecule has 6 rings (SSSR count). The molecule has 1 atom stereocenters. The van der Waals surface area contributed by atoms with Gasteiger partial charge in [0.25, 0.3) is 0 Å². The van der Waals surface area contributed by atoms with Crippen molar-refractivity contribution in [1.29, 1.82) is 0 Å². The van der Waals surface area contributed by atoms with Crippen LogP contribution in [0.25, 0.3) is 22.0 Å². The van der Waals surface area contributed by atoms with E-state index in [2.05, 4.69) is 25.3 Å². The van der Waals surface area contributed by atoms with Gasteiger partial charge >= 0.3 is 0 Å². The van der Waals surface area contributed by atoms with E-state index >= 15 is 0 Å². The molecule has 0 bridgehead atoms. The summed E-state index contributed by atoms with van der Waals surface area (Å²) >= 11 is 0. The van der Waals surface area contributed by atoms with Crippen LogP contribution in [0, 0.1) is 6.92 Å². The minimum absolute atomic E-state index is 0.285. The van der Waals surface area contributed by atoms with Crippen LogP contribution in [0.1, 0.15) is 37.7 Å². The Labute approximate surface area is 228 Å². The standard InChI is InChI=1S/C29H32N6O3S/c1-19-12-13-22-23(9-3-11-26(22)35-39(36,37)21-7-2-8-21)27(19)38-28-24(10-5-16-31-28)25-14-17-32-29(34-25)33-20-6-4-15-30-18-20/h3,5,9-14,16-17,20-21,30,35H,2,4,6-8,15,18H2,1H3,(H,32,33,34). The zero-order valence-electron chi connectivity index (χ0n) is 21.9. The largest absolute Gasteiger partial charge is 0.437 e. The van der Waals surface area contributed by atoms with Crippen LogP contribution < -0.4 is 20.1 Å². The summed E-state index contributed by atoms with van der Waals surface area (Å²) in [5, 5.41) is 8.08. The lowest BCUT2D eigenvalue weighted by Crippen LogP contribution is -2.38. The molecule has 9 nitrogen and oxygen atoms in total. The maximum atomic E-state index is 12.9. The fourth-order valence-corrected chi connectivity index (χ4v) is 6.69. The molecule has 0 radical (unpaired) electrons. The predicted octanol–water partition coefficient (Wildman–Crippen LogP) is 5.25. The van der Waals surface area contributed by atoms with Crippen LogP contribution in [0.15, 0.2) is 60.9 Å². The van der Waals surface area contributed by atoms with E-state index in [1.807, 2.05) is 49.4 Å². The average molecular weight is 545 g/mol. The third kappa shape index (κ3) is 5.39. The van der Waals surface area contributed by atoms with Crippen molar-refractivity contribution in [2.24, 2.45) is 0 Å². The Hall–Kier alpha value is -3.76. The van der Waals surface area contributed by atoms with Gasteiger partial charge in [-0.2, -0.15) is 0 Å². The van der Waals surface area contributed by atoms with E-state index < -0.39 is 10.0 Å². The first-order valence-electron chi connectivity index (χ1n) is 13.5. The zero-order chi connectivity index (χ0) is 26.8. The molecule has 202 valence electrons. The van der Waals surface area contributed by atoms with E-state index in [1.54, 1.807) is 18.5 Å². The van der Waals surface area contributed by atoms with Crippen LogP contribution >= 0.6 is 0 Å². The Bertz CT molecular complexity index is 1600. The van der Waals surface area contributed by atoms with Gasteiger partial charge in [0, 0.05) is 35.8 Å². The molecule has 4 aromatic rings. The summed E-state index contributed by atoms with van der Waals surface area (Å²) in [6.07, 6.45) is 7.97. The average Bonchev–Trinajstić information content (AvgIpc) is 2.90. The minimum Gasteiger partial charge on any atom is -0.437 e. The van der Waals surface area contributed by atoms with Crippen molar-refractivity contribution in [1.82, 2.24) is 20.3 Å². The highest BCUT2D eigenvalue weighted by molar-refractivity contribution is 7.93. The summed E-state index contributed by atoms with van der Waals surface area (Å²) in [7, 11) is -3.43. The lowest BCUT2D eigenvalue weighted by atomic mass is 10.0. The van der Waals surface area contributed by atoms with Gasteiger partial charge in [-0.25, -0.2) is 23.4 Å². The molecule has 2 aromatic carbocycles. The van der Waals surface area contributed by atoms with E-state index in [-0.39, 0.29) is 11.3 Å². The fourth-order valence-electron chi connectivity index (χ4n) is 5.08. The fraction of sp³-hybridized carbons (Fsp3) is 0.345. The molecule has 1 saturated carbocycles. The highest BCUT2D eigenvalue weighted by Gasteiger charge is 2.31. The third-order valence-corrected chi connectivity index (χ3v) is 9.34. The third-order valence-electron chi connectivity index (χ3n) is 7.48. The second-order valence-electron chi connectivity index (χ2n) is 10.2. The Balaban J connectivity index is 1.32.